The van der Waals surface area contributed by atoms with Crippen LogP contribution >= 0.6 is 11.8 Å². The van der Waals surface area contributed by atoms with Crippen LogP contribution in [0.4, 0.5) is 11.5 Å². The summed E-state index contributed by atoms with van der Waals surface area (Å²) in [5, 5.41) is 13.4. The maximum atomic E-state index is 11.0. The van der Waals surface area contributed by atoms with E-state index >= 15 is 0 Å². The number of nitrogens with one attached hydrogen (secondary N) is 1. The van der Waals surface area contributed by atoms with Gasteiger partial charge in [0.25, 0.3) is 0 Å². The number of rotatable bonds is 7. The summed E-state index contributed by atoms with van der Waals surface area (Å²) in [6.07, 6.45) is 7.12. The molecule has 1 aromatic heterocycles. The Bertz CT molecular complexity index is 1220. The third kappa shape index (κ3) is 4.73. The number of carboxylic acids is 1. The number of anilines is 2. The van der Waals surface area contributed by atoms with Gasteiger partial charge in [-0.3, -0.25) is 4.90 Å². The summed E-state index contributed by atoms with van der Waals surface area (Å²) in [7, 11) is 0. The van der Waals surface area contributed by atoms with Gasteiger partial charge in [0.15, 0.2) is 5.82 Å². The first-order chi connectivity index (χ1) is 17.1. The Balaban J connectivity index is 1.03. The van der Waals surface area contributed by atoms with E-state index in [1.807, 2.05) is 0 Å². The lowest BCUT2D eigenvalue weighted by Gasteiger charge is -2.38. The van der Waals surface area contributed by atoms with E-state index in [0.29, 0.717) is 12.5 Å². The molecule has 2 unspecified atom stereocenters. The first kappa shape index (κ1) is 22.4. The van der Waals surface area contributed by atoms with Crippen molar-refractivity contribution in [2.24, 2.45) is 17.8 Å². The van der Waals surface area contributed by atoms with Crippen LogP contribution in [0.5, 0.6) is 5.75 Å². The number of hydrogen-bond acceptors (Lipinski definition) is 7. The second-order valence-electron chi connectivity index (χ2n) is 9.69. The topological polar surface area (TPSA) is 87.6 Å². The van der Waals surface area contributed by atoms with Crippen molar-refractivity contribution in [3.05, 3.63) is 66.0 Å². The predicted molar refractivity (Wildman–Crippen MR) is 134 cm³/mol. The van der Waals surface area contributed by atoms with Crippen LogP contribution in [0.3, 0.4) is 0 Å². The lowest BCUT2D eigenvalue weighted by atomic mass is 9.83. The molecule has 7 nitrogen and oxygen atoms in total. The van der Waals surface area contributed by atoms with Crippen LogP contribution in [-0.2, 0) is 6.54 Å². The van der Waals surface area contributed by atoms with E-state index in [1.54, 1.807) is 48.4 Å². The first-order valence-electron chi connectivity index (χ1n) is 12.2. The molecule has 3 heterocycles. The Kier molecular flexibility index (Phi) is 6.08. The summed E-state index contributed by atoms with van der Waals surface area (Å²) in [5.74, 6) is 2.82. The van der Waals surface area contributed by atoms with Crippen LogP contribution in [0.25, 0.3) is 0 Å². The fourth-order valence-electron chi connectivity index (χ4n) is 5.88. The molecule has 2 aliphatic heterocycles. The summed E-state index contributed by atoms with van der Waals surface area (Å²) in [4.78, 5) is 23.6. The van der Waals surface area contributed by atoms with Crippen molar-refractivity contribution in [1.29, 1.82) is 0 Å². The molecule has 0 radical (unpaired) electrons. The van der Waals surface area contributed by atoms with Gasteiger partial charge < -0.3 is 15.2 Å². The number of benzene rings is 2. The number of likely N-dealkylation sites (tertiary alicyclic amines) is 1. The number of aromatic nitrogens is 2. The van der Waals surface area contributed by atoms with Crippen LogP contribution in [0.1, 0.15) is 35.2 Å². The SMILES string of the molecule is O=C(O)c1ccc(OCCC2C3CCC2CN(Cc2ccc4c(c2)Nc2nccnc2S4)C3)cc1. The van der Waals surface area contributed by atoms with Crippen LogP contribution in [-0.4, -0.2) is 45.6 Å². The third-order valence-electron chi connectivity index (χ3n) is 7.50. The molecule has 2 fully saturated rings. The molecule has 2 N–H and O–H groups in total. The van der Waals surface area contributed by atoms with Gasteiger partial charge in [-0.1, -0.05) is 17.8 Å². The van der Waals surface area contributed by atoms with Crippen molar-refractivity contribution in [2.75, 3.05) is 25.0 Å². The van der Waals surface area contributed by atoms with E-state index in [9.17, 15) is 4.79 Å². The van der Waals surface area contributed by atoms with Gasteiger partial charge in [0.1, 0.15) is 10.8 Å². The molecule has 2 bridgehead atoms. The molecular formula is C27H28N4O3S. The van der Waals surface area contributed by atoms with E-state index in [1.165, 1.54) is 23.3 Å². The molecule has 1 saturated carbocycles. The van der Waals surface area contributed by atoms with Gasteiger partial charge in [-0.25, -0.2) is 14.8 Å². The minimum Gasteiger partial charge on any atom is -0.494 e. The second-order valence-corrected chi connectivity index (χ2v) is 10.7. The number of hydrogen-bond donors (Lipinski definition) is 2. The number of ether oxygens (including phenoxy) is 1. The summed E-state index contributed by atoms with van der Waals surface area (Å²) in [6, 6.07) is 13.4. The Morgan fingerprint density at radius 3 is 2.63 bits per heavy atom. The number of fused-ring (bicyclic) bond motifs is 4. The number of carbonyl (C=O) groups is 1. The largest absolute Gasteiger partial charge is 0.494 e. The van der Waals surface area contributed by atoms with Crippen LogP contribution in [0.2, 0.25) is 0 Å². The first-order valence-corrected chi connectivity index (χ1v) is 13.0. The average molecular weight is 489 g/mol. The predicted octanol–water partition coefficient (Wildman–Crippen LogP) is 5.31. The zero-order chi connectivity index (χ0) is 23.8. The quantitative estimate of drug-likeness (QED) is 0.362. The Hall–Kier alpha value is -3.10. The molecule has 6 rings (SSSR count). The lowest BCUT2D eigenvalue weighted by molar-refractivity contribution is 0.0696. The Labute approximate surface area is 208 Å². The normalized spacial score (nSPS) is 22.7. The maximum Gasteiger partial charge on any atom is 0.335 e. The van der Waals surface area contributed by atoms with E-state index in [2.05, 4.69) is 38.4 Å². The Morgan fingerprint density at radius 1 is 1.09 bits per heavy atom. The highest BCUT2D eigenvalue weighted by molar-refractivity contribution is 7.99. The lowest BCUT2D eigenvalue weighted by Crippen LogP contribution is -2.41. The van der Waals surface area contributed by atoms with E-state index in [4.69, 9.17) is 9.84 Å². The van der Waals surface area contributed by atoms with Crippen molar-refractivity contribution < 1.29 is 14.6 Å². The Morgan fingerprint density at radius 2 is 1.86 bits per heavy atom. The van der Waals surface area contributed by atoms with Gasteiger partial charge in [-0.05, 0) is 79.0 Å². The standard InChI is InChI=1S/C27H28N4O3S/c32-27(33)18-4-6-21(7-5-18)34-12-9-22-19-2-3-20(22)16-31(15-19)14-17-1-8-24-23(13-17)30-25-26(35-24)29-11-10-28-25/h1,4-8,10-11,13,19-20,22H,2-3,9,12,14-16H2,(H,28,30)(H,32,33). The highest BCUT2D eigenvalue weighted by Gasteiger charge is 2.41. The van der Waals surface area contributed by atoms with E-state index < -0.39 is 5.97 Å². The van der Waals surface area contributed by atoms with E-state index in [0.717, 1.165) is 60.2 Å². The molecule has 8 heteroatoms. The van der Waals surface area contributed by atoms with Crippen LogP contribution in [0.15, 0.2) is 64.8 Å². The molecule has 180 valence electrons. The summed E-state index contributed by atoms with van der Waals surface area (Å²) >= 11 is 1.67. The monoisotopic (exact) mass is 488 g/mol. The minimum atomic E-state index is -0.912. The smallest absolute Gasteiger partial charge is 0.335 e. The highest BCUT2D eigenvalue weighted by atomic mass is 32.2. The molecule has 0 amide bonds. The van der Waals surface area contributed by atoms with Crippen molar-refractivity contribution in [3.8, 4) is 5.75 Å². The van der Waals surface area contributed by atoms with Crippen molar-refractivity contribution in [2.45, 2.75) is 35.7 Å². The van der Waals surface area contributed by atoms with Gasteiger partial charge in [-0.15, -0.1) is 0 Å². The number of aromatic carboxylic acids is 1. The van der Waals surface area contributed by atoms with Gasteiger partial charge in [0.2, 0.25) is 0 Å². The van der Waals surface area contributed by atoms with Crippen LogP contribution in [0, 0.1) is 17.8 Å². The maximum absolute atomic E-state index is 11.0. The zero-order valence-electron chi connectivity index (χ0n) is 19.4. The highest BCUT2D eigenvalue weighted by Crippen LogP contribution is 2.45. The van der Waals surface area contributed by atoms with Crippen LogP contribution < -0.4 is 10.1 Å². The molecule has 3 aliphatic rings. The minimum absolute atomic E-state index is 0.287. The molecule has 1 aliphatic carbocycles. The molecular weight excluding hydrogens is 460 g/mol. The fraction of sp³-hybridized carbons (Fsp3) is 0.370. The van der Waals surface area contributed by atoms with Gasteiger partial charge >= 0.3 is 5.97 Å². The number of carboxylic acid groups (broad SMARTS) is 1. The second kappa shape index (κ2) is 9.51. The molecule has 2 aromatic carbocycles. The zero-order valence-corrected chi connectivity index (χ0v) is 20.2. The molecule has 3 aromatic rings. The fourth-order valence-corrected chi connectivity index (χ4v) is 6.76. The summed E-state index contributed by atoms with van der Waals surface area (Å²) < 4.78 is 5.94. The van der Waals surface area contributed by atoms with Crippen molar-refractivity contribution >= 4 is 29.2 Å². The number of piperidine rings is 1. The molecule has 35 heavy (non-hydrogen) atoms. The molecule has 1 saturated heterocycles. The number of nitrogens with zero attached hydrogens (tertiary/aromatic N) is 3. The van der Waals surface area contributed by atoms with Gasteiger partial charge in [-0.2, -0.15) is 0 Å². The van der Waals surface area contributed by atoms with Crippen molar-refractivity contribution in [3.63, 3.8) is 0 Å². The van der Waals surface area contributed by atoms with E-state index in [-0.39, 0.29) is 5.56 Å². The molecule has 0 spiro atoms. The molecule has 2 atom stereocenters. The van der Waals surface area contributed by atoms with Gasteiger partial charge in [0.05, 0.1) is 17.9 Å². The van der Waals surface area contributed by atoms with Gasteiger partial charge in [0, 0.05) is 36.9 Å². The van der Waals surface area contributed by atoms with Crippen molar-refractivity contribution in [1.82, 2.24) is 14.9 Å². The summed E-state index contributed by atoms with van der Waals surface area (Å²) in [6.45, 7) is 3.94. The third-order valence-corrected chi connectivity index (χ3v) is 8.57. The average Bonchev–Trinajstić information content (AvgIpc) is 3.10. The summed E-state index contributed by atoms with van der Waals surface area (Å²) in [5.41, 5.74) is 2.73.